The van der Waals surface area contributed by atoms with Gasteiger partial charge in [0.2, 0.25) is 0 Å². The molecular formula is C11H23NO2. The topological polar surface area (TPSA) is 52.3 Å². The van der Waals surface area contributed by atoms with Gasteiger partial charge in [-0.25, -0.2) is 0 Å². The molecule has 14 heavy (non-hydrogen) atoms. The van der Waals surface area contributed by atoms with E-state index in [2.05, 4.69) is 13.8 Å². The van der Waals surface area contributed by atoms with Gasteiger partial charge in [-0.2, -0.15) is 0 Å². The Hall–Kier alpha value is -0.570. The monoisotopic (exact) mass is 201 g/mol. The van der Waals surface area contributed by atoms with E-state index in [0.717, 1.165) is 0 Å². The highest BCUT2D eigenvalue weighted by Crippen LogP contribution is 2.11. The smallest absolute Gasteiger partial charge is 0.306 e. The van der Waals surface area contributed by atoms with Gasteiger partial charge >= 0.3 is 5.97 Å². The van der Waals surface area contributed by atoms with E-state index in [0.29, 0.717) is 18.8 Å². The number of hydrogen-bond donors (Lipinski definition) is 1. The molecule has 0 saturated heterocycles. The zero-order chi connectivity index (χ0) is 11.4. The lowest BCUT2D eigenvalue weighted by molar-refractivity contribution is -0.155. The molecule has 0 fully saturated rings. The minimum absolute atomic E-state index is 0.0857. The third kappa shape index (κ3) is 6.89. The Morgan fingerprint density at radius 2 is 1.86 bits per heavy atom. The molecule has 0 unspecified atom stereocenters. The minimum Gasteiger partial charge on any atom is -0.460 e. The number of rotatable bonds is 4. The Morgan fingerprint density at radius 3 is 2.21 bits per heavy atom. The molecule has 0 aromatic carbocycles. The van der Waals surface area contributed by atoms with Crippen LogP contribution in [0.1, 0.15) is 47.5 Å². The fourth-order valence-corrected chi connectivity index (χ4v) is 1.01. The summed E-state index contributed by atoms with van der Waals surface area (Å²) < 4.78 is 5.17. The van der Waals surface area contributed by atoms with E-state index in [4.69, 9.17) is 10.5 Å². The van der Waals surface area contributed by atoms with Crippen LogP contribution in [-0.4, -0.2) is 17.6 Å². The second-order valence-electron chi connectivity index (χ2n) is 5.03. The van der Waals surface area contributed by atoms with Crippen molar-refractivity contribution < 1.29 is 9.53 Å². The van der Waals surface area contributed by atoms with Crippen LogP contribution in [0.3, 0.4) is 0 Å². The maximum atomic E-state index is 11.3. The van der Waals surface area contributed by atoms with Crippen molar-refractivity contribution in [1.29, 1.82) is 0 Å². The maximum Gasteiger partial charge on any atom is 0.306 e. The van der Waals surface area contributed by atoms with Crippen LogP contribution in [0.5, 0.6) is 0 Å². The molecule has 0 rings (SSSR count). The summed E-state index contributed by atoms with van der Waals surface area (Å²) in [6, 6.07) is 0.0857. The Kier molecular flexibility index (Phi) is 5.13. The summed E-state index contributed by atoms with van der Waals surface area (Å²) in [4.78, 5) is 11.3. The first-order chi connectivity index (χ1) is 6.22. The molecule has 3 nitrogen and oxygen atoms in total. The zero-order valence-electron chi connectivity index (χ0n) is 9.96. The van der Waals surface area contributed by atoms with Crippen LogP contribution in [-0.2, 0) is 9.53 Å². The number of hydrogen-bond acceptors (Lipinski definition) is 3. The summed E-state index contributed by atoms with van der Waals surface area (Å²) in [6.07, 6.45) is 1.11. The van der Waals surface area contributed by atoms with Crippen LogP contribution in [0, 0.1) is 5.92 Å². The van der Waals surface area contributed by atoms with E-state index in [1.54, 1.807) is 0 Å². The SMILES string of the molecule is CC(C)[C@@H](N)CCC(=O)OC(C)(C)C. The van der Waals surface area contributed by atoms with Crippen LogP contribution < -0.4 is 5.73 Å². The molecular weight excluding hydrogens is 178 g/mol. The highest BCUT2D eigenvalue weighted by Gasteiger charge is 2.17. The third-order valence-corrected chi connectivity index (χ3v) is 1.96. The Labute approximate surface area is 87.0 Å². The standard InChI is InChI=1S/C11H23NO2/c1-8(2)9(12)6-7-10(13)14-11(3,4)5/h8-9H,6-7,12H2,1-5H3/t9-/m0/s1. The van der Waals surface area contributed by atoms with Crippen molar-refractivity contribution in [3.8, 4) is 0 Å². The molecule has 0 aromatic rings. The number of nitrogens with two attached hydrogens (primary N) is 1. The average molecular weight is 201 g/mol. The predicted molar refractivity (Wildman–Crippen MR) is 57.9 cm³/mol. The Bertz CT molecular complexity index is 182. The molecule has 0 amide bonds. The van der Waals surface area contributed by atoms with Crippen molar-refractivity contribution in [2.75, 3.05) is 0 Å². The van der Waals surface area contributed by atoms with Gasteiger partial charge in [0.05, 0.1) is 0 Å². The van der Waals surface area contributed by atoms with E-state index in [9.17, 15) is 4.79 Å². The van der Waals surface area contributed by atoms with Gasteiger partial charge in [-0.05, 0) is 33.1 Å². The normalized spacial score (nSPS) is 14.2. The molecule has 0 aliphatic rings. The van der Waals surface area contributed by atoms with Crippen LogP contribution in [0.4, 0.5) is 0 Å². The van der Waals surface area contributed by atoms with Crippen LogP contribution in [0.2, 0.25) is 0 Å². The van der Waals surface area contributed by atoms with Gasteiger partial charge in [-0.1, -0.05) is 13.8 Å². The van der Waals surface area contributed by atoms with Crippen molar-refractivity contribution in [1.82, 2.24) is 0 Å². The molecule has 0 bridgehead atoms. The molecule has 0 saturated carbocycles. The van der Waals surface area contributed by atoms with Gasteiger partial charge in [0.1, 0.15) is 5.60 Å². The molecule has 2 N–H and O–H groups in total. The van der Waals surface area contributed by atoms with Crippen LogP contribution >= 0.6 is 0 Å². The first kappa shape index (κ1) is 13.4. The fraction of sp³-hybridized carbons (Fsp3) is 0.909. The summed E-state index contributed by atoms with van der Waals surface area (Å²) in [5.41, 5.74) is 5.43. The summed E-state index contributed by atoms with van der Waals surface area (Å²) in [6.45, 7) is 9.72. The lowest BCUT2D eigenvalue weighted by Gasteiger charge is -2.20. The van der Waals surface area contributed by atoms with Gasteiger partial charge < -0.3 is 10.5 Å². The maximum absolute atomic E-state index is 11.3. The molecule has 0 spiro atoms. The van der Waals surface area contributed by atoms with Crippen molar-refractivity contribution in [3.63, 3.8) is 0 Å². The van der Waals surface area contributed by atoms with Gasteiger partial charge in [-0.3, -0.25) is 4.79 Å². The number of carbonyl (C=O) groups excluding carboxylic acids is 1. The lowest BCUT2D eigenvalue weighted by atomic mass is 10.0. The van der Waals surface area contributed by atoms with Gasteiger partial charge in [0, 0.05) is 12.5 Å². The summed E-state index contributed by atoms with van der Waals surface area (Å²) in [5, 5.41) is 0. The third-order valence-electron chi connectivity index (χ3n) is 1.96. The second-order valence-corrected chi connectivity index (χ2v) is 5.03. The average Bonchev–Trinajstić information content (AvgIpc) is 1.96. The van der Waals surface area contributed by atoms with E-state index in [1.807, 2.05) is 20.8 Å². The largest absolute Gasteiger partial charge is 0.460 e. The first-order valence-corrected chi connectivity index (χ1v) is 5.20. The van der Waals surface area contributed by atoms with Crippen molar-refractivity contribution in [2.24, 2.45) is 11.7 Å². The van der Waals surface area contributed by atoms with Crippen molar-refractivity contribution >= 4 is 5.97 Å². The number of carbonyl (C=O) groups is 1. The number of esters is 1. The van der Waals surface area contributed by atoms with E-state index in [-0.39, 0.29) is 17.6 Å². The molecule has 0 aliphatic carbocycles. The van der Waals surface area contributed by atoms with Crippen LogP contribution in [0.25, 0.3) is 0 Å². The fourth-order valence-electron chi connectivity index (χ4n) is 1.01. The second kappa shape index (κ2) is 5.35. The van der Waals surface area contributed by atoms with E-state index in [1.165, 1.54) is 0 Å². The number of ether oxygens (including phenoxy) is 1. The van der Waals surface area contributed by atoms with E-state index < -0.39 is 0 Å². The molecule has 84 valence electrons. The minimum atomic E-state index is -0.390. The van der Waals surface area contributed by atoms with Crippen molar-refractivity contribution in [2.45, 2.75) is 59.1 Å². The summed E-state index contributed by atoms with van der Waals surface area (Å²) in [7, 11) is 0. The Balaban J connectivity index is 3.75. The predicted octanol–water partition coefficient (Wildman–Crippen LogP) is 2.09. The highest BCUT2D eigenvalue weighted by molar-refractivity contribution is 5.69. The Morgan fingerprint density at radius 1 is 1.36 bits per heavy atom. The molecule has 0 aliphatic heterocycles. The van der Waals surface area contributed by atoms with E-state index >= 15 is 0 Å². The molecule has 0 radical (unpaired) electrons. The summed E-state index contributed by atoms with van der Waals surface area (Å²) >= 11 is 0. The molecule has 0 heterocycles. The zero-order valence-corrected chi connectivity index (χ0v) is 9.96. The summed E-state index contributed by atoms with van der Waals surface area (Å²) in [5.74, 6) is 0.256. The highest BCUT2D eigenvalue weighted by atomic mass is 16.6. The van der Waals surface area contributed by atoms with Gasteiger partial charge in [0.25, 0.3) is 0 Å². The molecule has 0 aromatic heterocycles. The lowest BCUT2D eigenvalue weighted by Crippen LogP contribution is -2.29. The van der Waals surface area contributed by atoms with Crippen molar-refractivity contribution in [3.05, 3.63) is 0 Å². The quantitative estimate of drug-likeness (QED) is 0.709. The molecule has 1 atom stereocenters. The van der Waals surface area contributed by atoms with Gasteiger partial charge in [0.15, 0.2) is 0 Å². The van der Waals surface area contributed by atoms with Crippen LogP contribution in [0.15, 0.2) is 0 Å². The van der Waals surface area contributed by atoms with Gasteiger partial charge in [-0.15, -0.1) is 0 Å². The first-order valence-electron chi connectivity index (χ1n) is 5.20. The molecule has 3 heteroatoms.